The van der Waals surface area contributed by atoms with Gasteiger partial charge >= 0.3 is 0 Å². The summed E-state index contributed by atoms with van der Waals surface area (Å²) in [7, 11) is 0. The van der Waals surface area contributed by atoms with Crippen LogP contribution < -0.4 is 14.8 Å². The highest BCUT2D eigenvalue weighted by atomic mass is 16.7. The third-order valence-electron chi connectivity index (χ3n) is 5.49. The van der Waals surface area contributed by atoms with Crippen molar-refractivity contribution in [1.29, 1.82) is 0 Å². The number of rotatable bonds is 6. The lowest BCUT2D eigenvalue weighted by molar-refractivity contribution is -0.126. The van der Waals surface area contributed by atoms with Crippen molar-refractivity contribution >= 4 is 5.91 Å². The maximum absolute atomic E-state index is 12.5. The standard InChI is InChI=1S/C22H27N3O3/c1-17(22(26)23-14-18-5-3-2-4-6-18)25-11-9-24(10-12-25)15-19-7-8-20-21(13-19)28-16-27-20/h2-8,13,17H,9-12,14-16H2,1H3,(H,23,26)/t17-/m0/s1. The maximum atomic E-state index is 12.5. The van der Waals surface area contributed by atoms with Crippen LogP contribution in [0.1, 0.15) is 18.1 Å². The number of ether oxygens (including phenoxy) is 2. The summed E-state index contributed by atoms with van der Waals surface area (Å²) in [6.45, 7) is 7.45. The fraction of sp³-hybridized carbons (Fsp3) is 0.409. The second kappa shape index (κ2) is 8.63. The Kier molecular flexibility index (Phi) is 5.78. The number of hydrogen-bond donors (Lipinski definition) is 1. The van der Waals surface area contributed by atoms with Gasteiger partial charge in [-0.05, 0) is 30.2 Å². The highest BCUT2D eigenvalue weighted by Gasteiger charge is 2.25. The largest absolute Gasteiger partial charge is 0.454 e. The highest BCUT2D eigenvalue weighted by molar-refractivity contribution is 5.81. The summed E-state index contributed by atoms with van der Waals surface area (Å²) in [4.78, 5) is 17.2. The van der Waals surface area contributed by atoms with Crippen LogP contribution in [-0.4, -0.2) is 54.7 Å². The normalized spacial score (nSPS) is 18.0. The molecule has 4 rings (SSSR count). The van der Waals surface area contributed by atoms with Gasteiger partial charge in [0.05, 0.1) is 6.04 Å². The van der Waals surface area contributed by atoms with Crippen molar-refractivity contribution in [3.05, 3.63) is 59.7 Å². The van der Waals surface area contributed by atoms with Crippen LogP contribution >= 0.6 is 0 Å². The minimum absolute atomic E-state index is 0.0908. The van der Waals surface area contributed by atoms with Crippen molar-refractivity contribution in [1.82, 2.24) is 15.1 Å². The zero-order chi connectivity index (χ0) is 19.3. The van der Waals surface area contributed by atoms with Gasteiger partial charge in [-0.3, -0.25) is 14.6 Å². The molecule has 0 unspecified atom stereocenters. The molecule has 1 N–H and O–H groups in total. The van der Waals surface area contributed by atoms with Crippen molar-refractivity contribution in [2.45, 2.75) is 26.1 Å². The maximum Gasteiger partial charge on any atom is 0.237 e. The molecule has 2 aliphatic heterocycles. The molecule has 1 fully saturated rings. The monoisotopic (exact) mass is 381 g/mol. The van der Waals surface area contributed by atoms with Crippen molar-refractivity contribution in [2.24, 2.45) is 0 Å². The van der Waals surface area contributed by atoms with Gasteiger partial charge in [0.2, 0.25) is 12.7 Å². The summed E-state index contributed by atoms with van der Waals surface area (Å²) in [5.74, 6) is 1.75. The predicted molar refractivity (Wildman–Crippen MR) is 107 cm³/mol. The number of nitrogens with zero attached hydrogens (tertiary/aromatic N) is 2. The Bertz CT molecular complexity index is 804. The van der Waals surface area contributed by atoms with Crippen LogP contribution in [0.2, 0.25) is 0 Å². The molecule has 0 radical (unpaired) electrons. The van der Waals surface area contributed by atoms with Gasteiger partial charge in [0.15, 0.2) is 11.5 Å². The fourth-order valence-electron chi connectivity index (χ4n) is 3.70. The molecule has 2 aromatic rings. The second-order valence-electron chi connectivity index (χ2n) is 7.38. The first kappa shape index (κ1) is 18.8. The third-order valence-corrected chi connectivity index (χ3v) is 5.49. The third kappa shape index (κ3) is 4.46. The van der Waals surface area contributed by atoms with E-state index in [0.29, 0.717) is 13.3 Å². The Morgan fingerprint density at radius 3 is 2.54 bits per heavy atom. The van der Waals surface area contributed by atoms with Gasteiger partial charge in [0.25, 0.3) is 0 Å². The molecule has 2 aliphatic rings. The quantitative estimate of drug-likeness (QED) is 0.832. The van der Waals surface area contributed by atoms with E-state index in [-0.39, 0.29) is 11.9 Å². The zero-order valence-electron chi connectivity index (χ0n) is 16.3. The molecule has 6 nitrogen and oxygen atoms in total. The minimum Gasteiger partial charge on any atom is -0.454 e. The van der Waals surface area contributed by atoms with Crippen molar-refractivity contribution in [2.75, 3.05) is 33.0 Å². The number of amides is 1. The van der Waals surface area contributed by atoms with E-state index < -0.39 is 0 Å². The van der Waals surface area contributed by atoms with Crippen LogP contribution in [-0.2, 0) is 17.9 Å². The molecule has 1 atom stereocenters. The molecule has 0 aliphatic carbocycles. The lowest BCUT2D eigenvalue weighted by Crippen LogP contribution is -2.53. The number of carbonyl (C=O) groups excluding carboxylic acids is 1. The van der Waals surface area contributed by atoms with E-state index in [1.165, 1.54) is 5.56 Å². The number of fused-ring (bicyclic) bond motifs is 1. The Morgan fingerprint density at radius 2 is 1.75 bits per heavy atom. The second-order valence-corrected chi connectivity index (χ2v) is 7.38. The van der Waals surface area contributed by atoms with Crippen molar-refractivity contribution in [3.8, 4) is 11.5 Å². The molecule has 0 aromatic heterocycles. The molecule has 2 aromatic carbocycles. The average molecular weight is 381 g/mol. The Labute approximate surface area is 166 Å². The Balaban J connectivity index is 1.23. The van der Waals surface area contributed by atoms with E-state index in [0.717, 1.165) is 49.8 Å². The van der Waals surface area contributed by atoms with Gasteiger partial charge in [-0.2, -0.15) is 0 Å². The molecular weight excluding hydrogens is 354 g/mol. The summed E-state index contributed by atoms with van der Waals surface area (Å²) < 4.78 is 10.8. The first-order valence-corrected chi connectivity index (χ1v) is 9.85. The van der Waals surface area contributed by atoms with E-state index in [2.05, 4.69) is 27.2 Å². The molecule has 148 valence electrons. The molecule has 28 heavy (non-hydrogen) atoms. The first-order valence-electron chi connectivity index (χ1n) is 9.85. The molecule has 2 heterocycles. The van der Waals surface area contributed by atoms with E-state index in [1.807, 2.05) is 43.3 Å². The summed E-state index contributed by atoms with van der Waals surface area (Å²) in [5, 5.41) is 3.05. The van der Waals surface area contributed by atoms with E-state index in [9.17, 15) is 4.79 Å². The SMILES string of the molecule is C[C@@H](C(=O)NCc1ccccc1)N1CCN(Cc2ccc3c(c2)OCO3)CC1. The summed E-state index contributed by atoms with van der Waals surface area (Å²) in [6, 6.07) is 16.0. The van der Waals surface area contributed by atoms with Crippen LogP contribution in [0, 0.1) is 0 Å². The van der Waals surface area contributed by atoms with E-state index in [1.54, 1.807) is 0 Å². The lowest BCUT2D eigenvalue weighted by Gasteiger charge is -2.37. The molecule has 1 amide bonds. The van der Waals surface area contributed by atoms with Gasteiger partial charge in [-0.15, -0.1) is 0 Å². The van der Waals surface area contributed by atoms with E-state index >= 15 is 0 Å². The zero-order valence-corrected chi connectivity index (χ0v) is 16.3. The van der Waals surface area contributed by atoms with Crippen molar-refractivity contribution in [3.63, 3.8) is 0 Å². The molecule has 0 spiro atoms. The van der Waals surface area contributed by atoms with Gasteiger partial charge in [-0.25, -0.2) is 0 Å². The number of nitrogens with one attached hydrogen (secondary N) is 1. The predicted octanol–water partition coefficient (Wildman–Crippen LogP) is 2.24. The molecule has 0 bridgehead atoms. The van der Waals surface area contributed by atoms with Gasteiger partial charge in [-0.1, -0.05) is 36.4 Å². The molecular formula is C22H27N3O3. The van der Waals surface area contributed by atoms with Gasteiger partial charge in [0.1, 0.15) is 0 Å². The number of piperazine rings is 1. The lowest BCUT2D eigenvalue weighted by atomic mass is 10.1. The fourth-order valence-corrected chi connectivity index (χ4v) is 3.70. The van der Waals surface area contributed by atoms with E-state index in [4.69, 9.17) is 9.47 Å². The molecule has 1 saturated heterocycles. The first-order chi connectivity index (χ1) is 13.7. The van der Waals surface area contributed by atoms with Gasteiger partial charge < -0.3 is 14.8 Å². The molecule has 6 heteroatoms. The number of benzene rings is 2. The number of hydrogen-bond acceptors (Lipinski definition) is 5. The van der Waals surface area contributed by atoms with Crippen LogP contribution in [0.25, 0.3) is 0 Å². The highest BCUT2D eigenvalue weighted by Crippen LogP contribution is 2.32. The number of carbonyl (C=O) groups is 1. The van der Waals surface area contributed by atoms with Crippen LogP contribution in [0.5, 0.6) is 11.5 Å². The van der Waals surface area contributed by atoms with Crippen molar-refractivity contribution < 1.29 is 14.3 Å². The topological polar surface area (TPSA) is 54.0 Å². The smallest absolute Gasteiger partial charge is 0.237 e. The van der Waals surface area contributed by atoms with Crippen LogP contribution in [0.4, 0.5) is 0 Å². The van der Waals surface area contributed by atoms with Crippen LogP contribution in [0.15, 0.2) is 48.5 Å². The summed E-state index contributed by atoms with van der Waals surface area (Å²) in [5.41, 5.74) is 2.35. The molecule has 0 saturated carbocycles. The Hall–Kier alpha value is -2.57. The Morgan fingerprint density at radius 1 is 1.00 bits per heavy atom. The summed E-state index contributed by atoms with van der Waals surface area (Å²) in [6.07, 6.45) is 0. The van der Waals surface area contributed by atoms with Crippen LogP contribution in [0.3, 0.4) is 0 Å². The minimum atomic E-state index is -0.114. The van der Waals surface area contributed by atoms with Gasteiger partial charge in [0, 0.05) is 39.3 Å². The average Bonchev–Trinajstić information content (AvgIpc) is 3.21. The summed E-state index contributed by atoms with van der Waals surface area (Å²) >= 11 is 0.